The summed E-state index contributed by atoms with van der Waals surface area (Å²) in [5.74, 6) is -1.23. The summed E-state index contributed by atoms with van der Waals surface area (Å²) in [5, 5.41) is 12.3. The van der Waals surface area contributed by atoms with Crippen molar-refractivity contribution in [2.24, 2.45) is 0 Å². The van der Waals surface area contributed by atoms with Gasteiger partial charge in [-0.3, -0.25) is 0 Å². The fraction of sp³-hybridized carbons (Fsp3) is 0.556. The Kier molecular flexibility index (Phi) is 2.49. The van der Waals surface area contributed by atoms with Crippen molar-refractivity contribution < 1.29 is 19.2 Å². The maximum absolute atomic E-state index is 10.5. The second-order valence-corrected chi connectivity index (χ2v) is 3.28. The normalized spacial score (nSPS) is 22.1. The zero-order chi connectivity index (χ0) is 9.97. The summed E-state index contributed by atoms with van der Waals surface area (Å²) in [5.41, 5.74) is 0.585. The number of carboxylic acids is 1. The summed E-state index contributed by atoms with van der Waals surface area (Å²) < 4.78 is 10.1. The highest BCUT2D eigenvalue weighted by atomic mass is 16.5. The number of carbonyl (C=O) groups is 1. The molecule has 0 aliphatic carbocycles. The van der Waals surface area contributed by atoms with Crippen molar-refractivity contribution in [3.05, 3.63) is 17.5 Å². The van der Waals surface area contributed by atoms with Crippen LogP contribution in [0.3, 0.4) is 0 Å². The average Bonchev–Trinajstić information content (AvgIpc) is 2.68. The van der Waals surface area contributed by atoms with E-state index in [-0.39, 0.29) is 11.9 Å². The van der Waals surface area contributed by atoms with Crippen LogP contribution in [0.5, 0.6) is 0 Å². The predicted octanol–water partition coefficient (Wildman–Crippen LogP) is 1.61. The number of hydrogen-bond donors (Lipinski definition) is 1. The number of ether oxygens (including phenoxy) is 1. The van der Waals surface area contributed by atoms with Crippen molar-refractivity contribution in [2.45, 2.75) is 25.4 Å². The molecule has 5 heteroatoms. The molecule has 14 heavy (non-hydrogen) atoms. The Morgan fingerprint density at radius 3 is 3.00 bits per heavy atom. The van der Waals surface area contributed by atoms with E-state index in [1.54, 1.807) is 0 Å². The summed E-state index contributed by atoms with van der Waals surface area (Å²) in [6.45, 7) is 0.708. The van der Waals surface area contributed by atoms with Crippen molar-refractivity contribution in [3.63, 3.8) is 0 Å². The Morgan fingerprint density at radius 2 is 2.43 bits per heavy atom. The third-order valence-corrected chi connectivity index (χ3v) is 2.25. The molecule has 0 radical (unpaired) electrons. The van der Waals surface area contributed by atoms with E-state index in [9.17, 15) is 4.79 Å². The van der Waals surface area contributed by atoms with Gasteiger partial charge in [-0.2, -0.15) is 0 Å². The SMILES string of the molecule is O=C(O)c1cc(C2CCCCO2)no1. The summed E-state index contributed by atoms with van der Waals surface area (Å²) in [6.07, 6.45) is 2.92. The largest absolute Gasteiger partial charge is 0.475 e. The number of hydrogen-bond acceptors (Lipinski definition) is 4. The molecular weight excluding hydrogens is 186 g/mol. The molecule has 0 spiro atoms. The minimum Gasteiger partial charge on any atom is -0.475 e. The Hall–Kier alpha value is -1.36. The molecular formula is C9H11NO4. The second-order valence-electron chi connectivity index (χ2n) is 3.28. The van der Waals surface area contributed by atoms with E-state index in [1.165, 1.54) is 6.07 Å². The zero-order valence-electron chi connectivity index (χ0n) is 7.60. The quantitative estimate of drug-likeness (QED) is 0.779. The van der Waals surface area contributed by atoms with E-state index in [1.807, 2.05) is 0 Å². The first-order valence-electron chi connectivity index (χ1n) is 4.59. The molecule has 0 saturated carbocycles. The first-order chi connectivity index (χ1) is 6.77. The van der Waals surface area contributed by atoms with Gasteiger partial charge in [0.15, 0.2) is 0 Å². The fourth-order valence-corrected chi connectivity index (χ4v) is 1.52. The lowest BCUT2D eigenvalue weighted by Crippen LogP contribution is -2.11. The first kappa shape index (κ1) is 9.21. The van der Waals surface area contributed by atoms with Gasteiger partial charge in [0.25, 0.3) is 0 Å². The van der Waals surface area contributed by atoms with Gasteiger partial charge in [0, 0.05) is 12.7 Å². The molecule has 1 atom stereocenters. The average molecular weight is 197 g/mol. The number of aromatic nitrogens is 1. The van der Waals surface area contributed by atoms with Crippen LogP contribution < -0.4 is 0 Å². The summed E-state index contributed by atoms with van der Waals surface area (Å²) >= 11 is 0. The van der Waals surface area contributed by atoms with Gasteiger partial charge in [-0.15, -0.1) is 0 Å². The van der Waals surface area contributed by atoms with Gasteiger partial charge < -0.3 is 14.4 Å². The Morgan fingerprint density at radius 1 is 1.57 bits per heavy atom. The molecule has 0 amide bonds. The maximum Gasteiger partial charge on any atom is 0.374 e. The molecule has 2 heterocycles. The van der Waals surface area contributed by atoms with Crippen LogP contribution in [0.15, 0.2) is 10.6 Å². The molecule has 0 bridgehead atoms. The summed E-state index contributed by atoms with van der Waals surface area (Å²) in [6, 6.07) is 1.43. The Balaban J connectivity index is 2.11. The molecule has 76 valence electrons. The van der Waals surface area contributed by atoms with Crippen LogP contribution >= 0.6 is 0 Å². The highest BCUT2D eigenvalue weighted by Crippen LogP contribution is 2.27. The van der Waals surface area contributed by atoms with Gasteiger partial charge in [0.1, 0.15) is 11.8 Å². The van der Waals surface area contributed by atoms with Gasteiger partial charge in [-0.05, 0) is 19.3 Å². The van der Waals surface area contributed by atoms with Crippen LogP contribution in [0.2, 0.25) is 0 Å². The molecule has 1 aromatic heterocycles. The lowest BCUT2D eigenvalue weighted by Gasteiger charge is -2.19. The molecule has 1 aliphatic rings. The van der Waals surface area contributed by atoms with Crippen molar-refractivity contribution >= 4 is 5.97 Å². The van der Waals surface area contributed by atoms with E-state index < -0.39 is 5.97 Å². The number of rotatable bonds is 2. The fourth-order valence-electron chi connectivity index (χ4n) is 1.52. The molecule has 0 aromatic carbocycles. The standard InChI is InChI=1S/C9H11NO4/c11-9(12)8-5-6(10-14-8)7-3-1-2-4-13-7/h5,7H,1-4H2,(H,11,12). The highest BCUT2D eigenvalue weighted by molar-refractivity contribution is 5.84. The zero-order valence-corrected chi connectivity index (χ0v) is 7.60. The maximum atomic E-state index is 10.5. The Labute approximate surface area is 80.6 Å². The molecule has 1 aliphatic heterocycles. The number of carboxylic acid groups (broad SMARTS) is 1. The van der Waals surface area contributed by atoms with E-state index in [0.717, 1.165) is 19.3 Å². The van der Waals surface area contributed by atoms with Gasteiger partial charge in [0.2, 0.25) is 5.76 Å². The summed E-state index contributed by atoms with van der Waals surface area (Å²) in [4.78, 5) is 10.5. The van der Waals surface area contributed by atoms with E-state index in [0.29, 0.717) is 12.3 Å². The second kappa shape index (κ2) is 3.79. The third kappa shape index (κ3) is 1.77. The van der Waals surface area contributed by atoms with Crippen LogP contribution in [0.4, 0.5) is 0 Å². The number of aromatic carboxylic acids is 1. The molecule has 1 N–H and O–H groups in total. The smallest absolute Gasteiger partial charge is 0.374 e. The first-order valence-corrected chi connectivity index (χ1v) is 4.59. The molecule has 2 rings (SSSR count). The minimum absolute atomic E-state index is 0.0967. The van der Waals surface area contributed by atoms with E-state index in [4.69, 9.17) is 9.84 Å². The number of nitrogens with zero attached hydrogens (tertiary/aromatic N) is 1. The third-order valence-electron chi connectivity index (χ3n) is 2.25. The lowest BCUT2D eigenvalue weighted by molar-refractivity contribution is 0.0105. The van der Waals surface area contributed by atoms with Crippen LogP contribution in [0.1, 0.15) is 41.6 Å². The van der Waals surface area contributed by atoms with Gasteiger partial charge in [-0.25, -0.2) is 4.79 Å². The van der Waals surface area contributed by atoms with Crippen molar-refractivity contribution in [2.75, 3.05) is 6.61 Å². The minimum atomic E-state index is -1.10. The van der Waals surface area contributed by atoms with Gasteiger partial charge >= 0.3 is 5.97 Å². The Bertz CT molecular complexity index is 327. The topological polar surface area (TPSA) is 72.6 Å². The van der Waals surface area contributed by atoms with Crippen molar-refractivity contribution in [3.8, 4) is 0 Å². The van der Waals surface area contributed by atoms with Crippen LogP contribution in [0, 0.1) is 0 Å². The summed E-state index contributed by atoms with van der Waals surface area (Å²) in [7, 11) is 0. The molecule has 1 saturated heterocycles. The van der Waals surface area contributed by atoms with E-state index >= 15 is 0 Å². The highest BCUT2D eigenvalue weighted by Gasteiger charge is 2.21. The molecule has 5 nitrogen and oxygen atoms in total. The monoisotopic (exact) mass is 197 g/mol. The van der Waals surface area contributed by atoms with E-state index in [2.05, 4.69) is 9.68 Å². The predicted molar refractivity (Wildman–Crippen MR) is 46.0 cm³/mol. The van der Waals surface area contributed by atoms with Crippen LogP contribution in [-0.2, 0) is 4.74 Å². The van der Waals surface area contributed by atoms with Crippen molar-refractivity contribution in [1.82, 2.24) is 5.16 Å². The van der Waals surface area contributed by atoms with Gasteiger partial charge in [0.05, 0.1) is 0 Å². The molecule has 1 aromatic rings. The van der Waals surface area contributed by atoms with Crippen molar-refractivity contribution in [1.29, 1.82) is 0 Å². The molecule has 1 fully saturated rings. The van der Waals surface area contributed by atoms with Crippen LogP contribution in [-0.4, -0.2) is 22.8 Å². The van der Waals surface area contributed by atoms with Crippen LogP contribution in [0.25, 0.3) is 0 Å². The molecule has 1 unspecified atom stereocenters. The lowest BCUT2D eigenvalue weighted by atomic mass is 10.1. The van der Waals surface area contributed by atoms with Gasteiger partial charge in [-0.1, -0.05) is 5.16 Å².